The van der Waals surface area contributed by atoms with Crippen LogP contribution in [0.15, 0.2) is 68.9 Å². The minimum absolute atomic E-state index is 0.0232. The fourth-order valence-electron chi connectivity index (χ4n) is 2.51. The Hall–Kier alpha value is -1.29. The molecule has 2 aromatic rings. The maximum atomic E-state index is 12.9. The number of carbonyl (C=O) groups is 1. The standard InChI is InChI=1S/C18H17BrNO2PS/c1-12-5-6-13(9-15-7-8-18(21)20-23-15)10-17(12)24(22)16-4-2-3-14(19)11-16/h2-8,10-11,15,23H,9H2,1H3,(H,20,21). The van der Waals surface area contributed by atoms with Crippen LogP contribution in [0.1, 0.15) is 11.1 Å². The average Bonchev–Trinajstić information content (AvgIpc) is 2.58. The molecule has 1 N–H and O–H groups in total. The van der Waals surface area contributed by atoms with Crippen LogP contribution in [0.25, 0.3) is 0 Å². The molecule has 0 aromatic heterocycles. The fraction of sp³-hybridized carbons (Fsp3) is 0.167. The van der Waals surface area contributed by atoms with Crippen molar-refractivity contribution in [2.45, 2.75) is 28.8 Å². The molecule has 1 aliphatic heterocycles. The van der Waals surface area contributed by atoms with Crippen LogP contribution >= 0.6 is 24.7 Å². The first-order valence-electron chi connectivity index (χ1n) is 7.53. The third-order valence-electron chi connectivity index (χ3n) is 3.78. The van der Waals surface area contributed by atoms with Gasteiger partial charge in [-0.2, -0.15) is 0 Å². The topological polar surface area (TPSA) is 46.2 Å². The van der Waals surface area contributed by atoms with Crippen LogP contribution in [-0.2, 0) is 22.0 Å². The van der Waals surface area contributed by atoms with E-state index in [0.717, 1.165) is 31.8 Å². The summed E-state index contributed by atoms with van der Waals surface area (Å²) in [6.45, 7) is 1.98. The lowest BCUT2D eigenvalue weighted by Crippen LogP contribution is -2.21. The largest absolute Gasteiger partial charge is 0.334 e. The average molecular weight is 422 g/mol. The lowest BCUT2D eigenvalue weighted by molar-refractivity contribution is -0.114. The Bertz CT molecular complexity index is 838. The number of hydrogen-bond donors (Lipinski definition) is 1. The highest BCUT2D eigenvalue weighted by Crippen LogP contribution is 2.27. The van der Waals surface area contributed by atoms with E-state index in [-0.39, 0.29) is 5.91 Å². The molecule has 0 aliphatic carbocycles. The van der Waals surface area contributed by atoms with Gasteiger partial charge in [-0.05, 0) is 63.5 Å². The Morgan fingerprint density at radius 1 is 1.25 bits per heavy atom. The molecule has 3 unspecified atom stereocenters. The predicted octanol–water partition coefficient (Wildman–Crippen LogP) is 4.11. The molecule has 0 spiro atoms. The van der Waals surface area contributed by atoms with Gasteiger partial charge in [-0.25, -0.2) is 4.21 Å². The highest BCUT2D eigenvalue weighted by molar-refractivity contribution is 9.10. The second kappa shape index (κ2) is 7.73. The Morgan fingerprint density at radius 3 is 2.79 bits per heavy atom. The molecule has 0 bridgehead atoms. The van der Waals surface area contributed by atoms with E-state index in [1.54, 1.807) is 6.08 Å². The maximum absolute atomic E-state index is 12.9. The molecule has 0 fully saturated rings. The first kappa shape index (κ1) is 17.5. The van der Waals surface area contributed by atoms with E-state index in [9.17, 15) is 9.00 Å². The molecule has 24 heavy (non-hydrogen) atoms. The summed E-state index contributed by atoms with van der Waals surface area (Å²) in [5, 5.41) is 2.87. The number of halogens is 1. The molecule has 6 heteroatoms. The summed E-state index contributed by atoms with van der Waals surface area (Å²) < 4.78 is 13.9. The molecule has 1 amide bonds. The van der Waals surface area contributed by atoms with E-state index in [4.69, 9.17) is 0 Å². The lowest BCUT2D eigenvalue weighted by atomic mass is 10.1. The second-order valence-corrected chi connectivity index (χ2v) is 9.27. The van der Waals surface area contributed by atoms with Crippen molar-refractivity contribution >= 4 is 41.4 Å². The van der Waals surface area contributed by atoms with Crippen LogP contribution in [0.4, 0.5) is 0 Å². The van der Waals surface area contributed by atoms with E-state index in [2.05, 4.69) is 27.1 Å². The number of carbonyl (C=O) groups excluding carboxylic acids is 1. The molecule has 0 saturated heterocycles. The Kier molecular flexibility index (Phi) is 5.65. The first-order valence-corrected chi connectivity index (χ1v) is 10.6. The minimum atomic E-state index is -1.21. The first-order chi connectivity index (χ1) is 11.5. The SMILES string of the molecule is Cc1ccc(CC2C=CC(=O)NP2)cc1S(=O)c1cccc(Br)c1. The molecular formula is C18H17BrNO2PS. The summed E-state index contributed by atoms with van der Waals surface area (Å²) in [6, 6.07) is 13.7. The van der Waals surface area contributed by atoms with Gasteiger partial charge in [-0.15, -0.1) is 0 Å². The number of benzene rings is 2. The maximum Gasteiger partial charge on any atom is 0.246 e. The van der Waals surface area contributed by atoms with Gasteiger partial charge in [0, 0.05) is 19.9 Å². The number of hydrogen-bond acceptors (Lipinski definition) is 2. The van der Waals surface area contributed by atoms with Crippen LogP contribution in [0.3, 0.4) is 0 Å². The molecule has 0 saturated carbocycles. The monoisotopic (exact) mass is 421 g/mol. The normalized spacial score (nSPS) is 19.2. The fourth-order valence-corrected chi connectivity index (χ4v) is 5.31. The highest BCUT2D eigenvalue weighted by atomic mass is 79.9. The van der Waals surface area contributed by atoms with Crippen molar-refractivity contribution < 1.29 is 9.00 Å². The smallest absolute Gasteiger partial charge is 0.246 e. The minimum Gasteiger partial charge on any atom is -0.334 e. The van der Waals surface area contributed by atoms with Crippen molar-refractivity contribution in [1.82, 2.24) is 5.09 Å². The van der Waals surface area contributed by atoms with Gasteiger partial charge in [0.05, 0.1) is 10.8 Å². The van der Waals surface area contributed by atoms with E-state index in [1.807, 2.05) is 49.4 Å². The molecule has 3 rings (SSSR count). The van der Waals surface area contributed by atoms with Gasteiger partial charge in [-0.1, -0.05) is 40.2 Å². The summed E-state index contributed by atoms with van der Waals surface area (Å²) >= 11 is 3.43. The lowest BCUT2D eigenvalue weighted by Gasteiger charge is -2.18. The number of allylic oxidation sites excluding steroid dienone is 1. The highest BCUT2D eigenvalue weighted by Gasteiger charge is 2.15. The van der Waals surface area contributed by atoms with Crippen molar-refractivity contribution in [3.63, 3.8) is 0 Å². The van der Waals surface area contributed by atoms with Crippen molar-refractivity contribution in [2.24, 2.45) is 0 Å². The van der Waals surface area contributed by atoms with Crippen LogP contribution < -0.4 is 5.09 Å². The molecule has 2 aromatic carbocycles. The molecule has 1 heterocycles. The number of aryl methyl sites for hydroxylation is 1. The van der Waals surface area contributed by atoms with E-state index in [0.29, 0.717) is 14.4 Å². The van der Waals surface area contributed by atoms with Crippen LogP contribution in [0.2, 0.25) is 0 Å². The Morgan fingerprint density at radius 2 is 2.08 bits per heavy atom. The van der Waals surface area contributed by atoms with Crippen LogP contribution in [0.5, 0.6) is 0 Å². The number of rotatable bonds is 4. The van der Waals surface area contributed by atoms with Crippen LogP contribution in [0, 0.1) is 6.92 Å². The predicted molar refractivity (Wildman–Crippen MR) is 103 cm³/mol. The molecule has 3 atom stereocenters. The molecule has 124 valence electrons. The van der Waals surface area contributed by atoms with Gasteiger partial charge in [0.1, 0.15) is 0 Å². The summed E-state index contributed by atoms with van der Waals surface area (Å²) in [5.41, 5.74) is 2.46. The van der Waals surface area contributed by atoms with E-state index in [1.165, 1.54) is 0 Å². The molecule has 3 nitrogen and oxygen atoms in total. The van der Waals surface area contributed by atoms with E-state index < -0.39 is 10.8 Å². The summed E-state index contributed by atoms with van der Waals surface area (Å²) in [6.07, 6.45) is 4.39. The van der Waals surface area contributed by atoms with Crippen molar-refractivity contribution in [3.05, 3.63) is 70.2 Å². The zero-order chi connectivity index (χ0) is 17.1. The number of amides is 1. The van der Waals surface area contributed by atoms with Gasteiger partial charge in [0.15, 0.2) is 0 Å². The molecule has 0 radical (unpaired) electrons. The molecule has 1 aliphatic rings. The summed E-state index contributed by atoms with van der Waals surface area (Å²) in [7, 11) is -0.817. The van der Waals surface area contributed by atoms with Gasteiger partial charge in [0.25, 0.3) is 0 Å². The summed E-state index contributed by atoms with van der Waals surface area (Å²) in [4.78, 5) is 12.8. The Balaban J connectivity index is 1.85. The number of nitrogens with one attached hydrogen (secondary N) is 1. The van der Waals surface area contributed by atoms with Gasteiger partial charge >= 0.3 is 0 Å². The van der Waals surface area contributed by atoms with E-state index >= 15 is 0 Å². The van der Waals surface area contributed by atoms with Gasteiger partial charge in [-0.3, -0.25) is 4.79 Å². The summed E-state index contributed by atoms with van der Waals surface area (Å²) in [5.74, 6) is -0.0232. The van der Waals surface area contributed by atoms with Crippen LogP contribution in [-0.4, -0.2) is 15.8 Å². The quantitative estimate of drug-likeness (QED) is 0.754. The van der Waals surface area contributed by atoms with Crippen molar-refractivity contribution in [3.8, 4) is 0 Å². The van der Waals surface area contributed by atoms with Crippen molar-refractivity contribution in [1.29, 1.82) is 0 Å². The molecular weight excluding hydrogens is 405 g/mol. The zero-order valence-corrected chi connectivity index (χ0v) is 16.5. The Labute approximate surface area is 154 Å². The third kappa shape index (κ3) is 4.21. The zero-order valence-electron chi connectivity index (χ0n) is 13.1. The van der Waals surface area contributed by atoms with Gasteiger partial charge < -0.3 is 5.09 Å². The van der Waals surface area contributed by atoms with Crippen molar-refractivity contribution in [2.75, 3.05) is 0 Å². The van der Waals surface area contributed by atoms with Gasteiger partial charge in [0.2, 0.25) is 5.91 Å². The second-order valence-electron chi connectivity index (χ2n) is 5.63. The third-order valence-corrected chi connectivity index (χ3v) is 6.95.